The van der Waals surface area contributed by atoms with Gasteiger partial charge in [-0.2, -0.15) is 4.31 Å². The van der Waals surface area contributed by atoms with Gasteiger partial charge in [0, 0.05) is 44.0 Å². The van der Waals surface area contributed by atoms with Gasteiger partial charge in [0.2, 0.25) is 10.0 Å². The first kappa shape index (κ1) is 18.6. The van der Waals surface area contributed by atoms with Crippen LogP contribution in [-0.2, 0) is 14.8 Å². The van der Waals surface area contributed by atoms with E-state index < -0.39 is 16.1 Å². The number of ether oxygens (including phenoxy) is 1. The highest BCUT2D eigenvalue weighted by molar-refractivity contribution is 7.88. The van der Waals surface area contributed by atoms with Gasteiger partial charge in [0.25, 0.3) is 5.91 Å². The zero-order valence-electron chi connectivity index (χ0n) is 14.5. The molecule has 0 unspecified atom stereocenters. The molecule has 26 heavy (non-hydrogen) atoms. The van der Waals surface area contributed by atoms with Crippen LogP contribution in [0.3, 0.4) is 0 Å². The third-order valence-electron chi connectivity index (χ3n) is 4.34. The minimum atomic E-state index is -3.27. The standard InChI is InChI=1S/C16H22N4O5S/c1-26(23,24)19-7-8-25-14(11-19)10-18-15(21)12-3-2-4-13(9-12)20-6-5-17-16(20)22/h2-4,9,14H,5-8,10-11H2,1H3,(H,17,22)(H,18,21)/t14-/m1/s1. The van der Waals surface area contributed by atoms with Crippen molar-refractivity contribution in [3.8, 4) is 0 Å². The maximum Gasteiger partial charge on any atom is 0.321 e. The largest absolute Gasteiger partial charge is 0.374 e. The average Bonchev–Trinajstić information content (AvgIpc) is 3.05. The second-order valence-electron chi connectivity index (χ2n) is 6.26. The molecule has 10 heteroatoms. The van der Waals surface area contributed by atoms with Gasteiger partial charge in [-0.05, 0) is 18.2 Å². The molecule has 1 atom stereocenters. The van der Waals surface area contributed by atoms with Crippen molar-refractivity contribution in [1.29, 1.82) is 0 Å². The minimum absolute atomic E-state index is 0.181. The van der Waals surface area contributed by atoms with Crippen molar-refractivity contribution in [3.05, 3.63) is 29.8 Å². The summed E-state index contributed by atoms with van der Waals surface area (Å²) in [7, 11) is -3.27. The molecular formula is C16H22N4O5S. The summed E-state index contributed by atoms with van der Waals surface area (Å²) in [5.41, 5.74) is 1.09. The second-order valence-corrected chi connectivity index (χ2v) is 8.24. The van der Waals surface area contributed by atoms with Crippen molar-refractivity contribution < 1.29 is 22.7 Å². The van der Waals surface area contributed by atoms with Gasteiger partial charge in [0.15, 0.2) is 0 Å². The van der Waals surface area contributed by atoms with E-state index in [1.165, 1.54) is 4.31 Å². The van der Waals surface area contributed by atoms with E-state index in [2.05, 4.69) is 10.6 Å². The summed E-state index contributed by atoms with van der Waals surface area (Å²) in [6, 6.07) is 6.63. The van der Waals surface area contributed by atoms with Crippen LogP contribution in [-0.4, -0.2) is 76.4 Å². The predicted molar refractivity (Wildman–Crippen MR) is 95.7 cm³/mol. The van der Waals surface area contributed by atoms with E-state index in [4.69, 9.17) is 4.74 Å². The van der Waals surface area contributed by atoms with E-state index in [0.29, 0.717) is 37.5 Å². The molecule has 0 aromatic heterocycles. The number of carbonyl (C=O) groups is 2. The summed E-state index contributed by atoms with van der Waals surface area (Å²) in [5, 5.41) is 5.48. The molecule has 0 radical (unpaired) electrons. The van der Waals surface area contributed by atoms with Gasteiger partial charge in [-0.25, -0.2) is 13.2 Å². The SMILES string of the molecule is CS(=O)(=O)N1CCO[C@H](CNC(=O)c2cccc(N3CCNC3=O)c2)C1. The number of hydrogen-bond acceptors (Lipinski definition) is 5. The van der Waals surface area contributed by atoms with Crippen molar-refractivity contribution in [2.75, 3.05) is 50.5 Å². The van der Waals surface area contributed by atoms with Crippen molar-refractivity contribution in [3.63, 3.8) is 0 Å². The zero-order chi connectivity index (χ0) is 18.7. The maximum absolute atomic E-state index is 12.4. The molecule has 2 saturated heterocycles. The number of carbonyl (C=O) groups excluding carboxylic acids is 2. The molecule has 142 valence electrons. The van der Waals surface area contributed by atoms with Crippen LogP contribution in [0.5, 0.6) is 0 Å². The quantitative estimate of drug-likeness (QED) is 0.721. The highest BCUT2D eigenvalue weighted by Crippen LogP contribution is 2.18. The van der Waals surface area contributed by atoms with E-state index in [0.717, 1.165) is 6.26 Å². The Labute approximate surface area is 152 Å². The number of hydrogen-bond donors (Lipinski definition) is 2. The lowest BCUT2D eigenvalue weighted by atomic mass is 10.1. The minimum Gasteiger partial charge on any atom is -0.374 e. The summed E-state index contributed by atoms with van der Waals surface area (Å²) < 4.78 is 30.1. The van der Waals surface area contributed by atoms with E-state index >= 15 is 0 Å². The molecular weight excluding hydrogens is 360 g/mol. The van der Waals surface area contributed by atoms with Crippen LogP contribution in [0.4, 0.5) is 10.5 Å². The van der Waals surface area contributed by atoms with Gasteiger partial charge < -0.3 is 15.4 Å². The molecule has 1 aromatic rings. The molecule has 0 aliphatic carbocycles. The second kappa shape index (κ2) is 7.60. The maximum atomic E-state index is 12.4. The topological polar surface area (TPSA) is 108 Å². The molecule has 2 heterocycles. The third-order valence-corrected chi connectivity index (χ3v) is 5.61. The van der Waals surface area contributed by atoms with Gasteiger partial charge in [0.05, 0.1) is 19.0 Å². The van der Waals surface area contributed by atoms with Gasteiger partial charge >= 0.3 is 6.03 Å². The monoisotopic (exact) mass is 382 g/mol. The summed E-state index contributed by atoms with van der Waals surface area (Å²) in [4.78, 5) is 25.7. The molecule has 0 spiro atoms. The van der Waals surface area contributed by atoms with Gasteiger partial charge in [-0.3, -0.25) is 9.69 Å². The van der Waals surface area contributed by atoms with Crippen molar-refractivity contribution in [2.45, 2.75) is 6.10 Å². The summed E-state index contributed by atoms with van der Waals surface area (Å²) in [6.45, 7) is 2.18. The fourth-order valence-corrected chi connectivity index (χ4v) is 3.80. The van der Waals surface area contributed by atoms with Crippen molar-refractivity contribution >= 4 is 27.6 Å². The molecule has 0 saturated carbocycles. The Morgan fingerprint density at radius 1 is 1.38 bits per heavy atom. The highest BCUT2D eigenvalue weighted by atomic mass is 32.2. The van der Waals surface area contributed by atoms with Crippen LogP contribution in [0.15, 0.2) is 24.3 Å². The molecule has 2 aliphatic heterocycles. The molecule has 2 aliphatic rings. The molecule has 1 aromatic carbocycles. The predicted octanol–water partition coefficient (Wildman–Crippen LogP) is -0.394. The lowest BCUT2D eigenvalue weighted by Crippen LogP contribution is -2.49. The Balaban J connectivity index is 1.59. The molecule has 2 fully saturated rings. The van der Waals surface area contributed by atoms with E-state index in [-0.39, 0.29) is 25.0 Å². The molecule has 3 amide bonds. The Morgan fingerprint density at radius 2 is 2.19 bits per heavy atom. The number of amides is 3. The highest BCUT2D eigenvalue weighted by Gasteiger charge is 2.27. The smallest absolute Gasteiger partial charge is 0.321 e. The average molecular weight is 382 g/mol. The van der Waals surface area contributed by atoms with Crippen LogP contribution >= 0.6 is 0 Å². The van der Waals surface area contributed by atoms with Crippen LogP contribution in [0, 0.1) is 0 Å². The zero-order valence-corrected chi connectivity index (χ0v) is 15.3. The van der Waals surface area contributed by atoms with E-state index in [1.807, 2.05) is 0 Å². The number of anilines is 1. The Morgan fingerprint density at radius 3 is 2.88 bits per heavy atom. The Hall–Kier alpha value is -2.17. The summed E-state index contributed by atoms with van der Waals surface area (Å²) in [5.74, 6) is -0.300. The molecule has 2 N–H and O–H groups in total. The Kier molecular flexibility index (Phi) is 5.44. The Bertz CT molecular complexity index is 798. The molecule has 3 rings (SSSR count). The first-order valence-corrected chi connectivity index (χ1v) is 10.2. The lowest BCUT2D eigenvalue weighted by molar-refractivity contribution is 0.000438. The van der Waals surface area contributed by atoms with E-state index in [9.17, 15) is 18.0 Å². The van der Waals surface area contributed by atoms with Crippen LogP contribution in [0.2, 0.25) is 0 Å². The normalized spacial score (nSPS) is 21.5. The van der Waals surface area contributed by atoms with E-state index in [1.54, 1.807) is 29.2 Å². The van der Waals surface area contributed by atoms with Crippen LogP contribution < -0.4 is 15.5 Å². The van der Waals surface area contributed by atoms with Gasteiger partial charge in [0.1, 0.15) is 0 Å². The van der Waals surface area contributed by atoms with Gasteiger partial charge in [-0.1, -0.05) is 6.07 Å². The molecule has 0 bridgehead atoms. The van der Waals surface area contributed by atoms with Crippen LogP contribution in [0.25, 0.3) is 0 Å². The lowest BCUT2D eigenvalue weighted by Gasteiger charge is -2.31. The summed E-state index contributed by atoms with van der Waals surface area (Å²) >= 11 is 0. The first-order chi connectivity index (χ1) is 12.3. The number of rotatable bonds is 5. The fraction of sp³-hybridized carbons (Fsp3) is 0.500. The van der Waals surface area contributed by atoms with Gasteiger partial charge in [-0.15, -0.1) is 0 Å². The van der Waals surface area contributed by atoms with Crippen LogP contribution in [0.1, 0.15) is 10.4 Å². The van der Waals surface area contributed by atoms with Crippen molar-refractivity contribution in [2.24, 2.45) is 0 Å². The number of urea groups is 1. The number of nitrogens with one attached hydrogen (secondary N) is 2. The summed E-state index contributed by atoms with van der Waals surface area (Å²) in [6.07, 6.45) is 0.767. The molecule has 9 nitrogen and oxygen atoms in total. The first-order valence-electron chi connectivity index (χ1n) is 8.35. The third kappa shape index (κ3) is 4.32. The number of nitrogens with zero attached hydrogens (tertiary/aromatic N) is 2. The number of sulfonamides is 1. The van der Waals surface area contributed by atoms with Crippen molar-refractivity contribution in [1.82, 2.24) is 14.9 Å². The number of benzene rings is 1. The number of morpholine rings is 1. The fourth-order valence-electron chi connectivity index (χ4n) is 2.96.